The fraction of sp³-hybridized carbons (Fsp3) is 0.429. The molecule has 2 rings (SSSR count). The molecule has 1 saturated heterocycles. The van der Waals surface area contributed by atoms with Gasteiger partial charge in [0.2, 0.25) is 0 Å². The van der Waals surface area contributed by atoms with Gasteiger partial charge in [-0.3, -0.25) is 9.59 Å². The molecule has 0 spiro atoms. The fourth-order valence-corrected chi connectivity index (χ4v) is 2.21. The molecule has 0 saturated carbocycles. The fourth-order valence-electron chi connectivity index (χ4n) is 2.21. The van der Waals surface area contributed by atoms with Gasteiger partial charge in [0.05, 0.1) is 25.3 Å². The molecule has 1 aliphatic heterocycles. The first-order valence-corrected chi connectivity index (χ1v) is 6.34. The third-order valence-electron chi connectivity index (χ3n) is 3.41. The third-order valence-corrected chi connectivity index (χ3v) is 3.41. The van der Waals surface area contributed by atoms with Crippen LogP contribution in [0.5, 0.6) is 0 Å². The van der Waals surface area contributed by atoms with Crippen molar-refractivity contribution in [3.63, 3.8) is 0 Å². The standard InChI is InChI=1S/C14H15F2NO3/c1-20-14(19)5-4-13(18)11-6-7-17(11)12-8-9(15)2-3-10(12)16/h2-3,8,11H,4-7H2,1H3/t11-/m0/s1. The van der Waals surface area contributed by atoms with Gasteiger partial charge in [-0.1, -0.05) is 0 Å². The number of Topliss-reactive ketones (excluding diaryl/α,β-unsaturated/α-hetero) is 1. The Morgan fingerprint density at radius 3 is 2.70 bits per heavy atom. The normalized spacial score (nSPS) is 17.6. The highest BCUT2D eigenvalue weighted by molar-refractivity contribution is 5.91. The maximum atomic E-state index is 13.7. The van der Waals surface area contributed by atoms with E-state index in [9.17, 15) is 18.4 Å². The van der Waals surface area contributed by atoms with E-state index in [-0.39, 0.29) is 24.3 Å². The molecule has 108 valence electrons. The minimum Gasteiger partial charge on any atom is -0.469 e. The maximum absolute atomic E-state index is 13.7. The lowest BCUT2D eigenvalue weighted by molar-refractivity contribution is -0.142. The minimum atomic E-state index is -0.558. The Kier molecular flexibility index (Phi) is 4.32. The average molecular weight is 283 g/mol. The molecule has 1 heterocycles. The predicted molar refractivity (Wildman–Crippen MR) is 68.4 cm³/mol. The summed E-state index contributed by atoms with van der Waals surface area (Å²) in [7, 11) is 1.25. The Balaban J connectivity index is 2.02. The second-order valence-corrected chi connectivity index (χ2v) is 4.64. The number of ketones is 1. The van der Waals surface area contributed by atoms with Crippen molar-refractivity contribution in [3.8, 4) is 0 Å². The summed E-state index contributed by atoms with van der Waals surface area (Å²) in [4.78, 5) is 24.5. The van der Waals surface area contributed by atoms with Crippen LogP contribution in [0.15, 0.2) is 18.2 Å². The van der Waals surface area contributed by atoms with Gasteiger partial charge in [-0.15, -0.1) is 0 Å². The molecule has 1 aromatic carbocycles. The first-order chi connectivity index (χ1) is 9.52. The van der Waals surface area contributed by atoms with Crippen LogP contribution < -0.4 is 4.90 Å². The first-order valence-electron chi connectivity index (χ1n) is 6.34. The van der Waals surface area contributed by atoms with Gasteiger partial charge in [0.25, 0.3) is 0 Å². The van der Waals surface area contributed by atoms with E-state index in [0.717, 1.165) is 18.2 Å². The topological polar surface area (TPSA) is 46.6 Å². The lowest BCUT2D eigenvalue weighted by atomic mass is 9.94. The number of hydrogen-bond acceptors (Lipinski definition) is 4. The van der Waals surface area contributed by atoms with E-state index in [1.165, 1.54) is 12.0 Å². The van der Waals surface area contributed by atoms with Gasteiger partial charge < -0.3 is 9.64 Å². The number of hydrogen-bond donors (Lipinski definition) is 0. The molecule has 4 nitrogen and oxygen atoms in total. The number of ether oxygens (including phenoxy) is 1. The molecule has 0 aromatic heterocycles. The Hall–Kier alpha value is -1.98. The molecule has 1 aliphatic rings. The van der Waals surface area contributed by atoms with Crippen LogP contribution in [0, 0.1) is 11.6 Å². The molecule has 0 bridgehead atoms. The van der Waals surface area contributed by atoms with Gasteiger partial charge >= 0.3 is 5.97 Å². The molecule has 1 atom stereocenters. The second-order valence-electron chi connectivity index (χ2n) is 4.64. The zero-order valence-corrected chi connectivity index (χ0v) is 11.1. The highest BCUT2D eigenvalue weighted by Gasteiger charge is 2.35. The Bertz CT molecular complexity index is 533. The Morgan fingerprint density at radius 2 is 2.10 bits per heavy atom. The average Bonchev–Trinajstić information content (AvgIpc) is 2.39. The van der Waals surface area contributed by atoms with Crippen LogP contribution in [0.3, 0.4) is 0 Å². The second kappa shape index (κ2) is 5.98. The smallest absolute Gasteiger partial charge is 0.305 e. The number of halogens is 2. The molecule has 0 N–H and O–H groups in total. The quantitative estimate of drug-likeness (QED) is 0.776. The van der Waals surface area contributed by atoms with E-state index in [2.05, 4.69) is 4.74 Å². The van der Waals surface area contributed by atoms with Crippen LogP contribution in [0.1, 0.15) is 19.3 Å². The first kappa shape index (κ1) is 14.4. The summed E-state index contributed by atoms with van der Waals surface area (Å²) in [6, 6.07) is 2.66. The van der Waals surface area contributed by atoms with Crippen molar-refractivity contribution < 1.29 is 23.1 Å². The van der Waals surface area contributed by atoms with Crippen LogP contribution in [-0.4, -0.2) is 31.4 Å². The summed E-state index contributed by atoms with van der Waals surface area (Å²) >= 11 is 0. The zero-order valence-electron chi connectivity index (χ0n) is 11.1. The van der Waals surface area contributed by atoms with Crippen LogP contribution in [0.4, 0.5) is 14.5 Å². The van der Waals surface area contributed by atoms with Crippen LogP contribution in [0.2, 0.25) is 0 Å². The number of carbonyl (C=O) groups is 2. The number of nitrogens with zero attached hydrogens (tertiary/aromatic N) is 1. The largest absolute Gasteiger partial charge is 0.469 e. The van der Waals surface area contributed by atoms with Crippen molar-refractivity contribution in [1.82, 2.24) is 0 Å². The summed E-state index contributed by atoms with van der Waals surface area (Å²) in [6.07, 6.45) is 0.631. The summed E-state index contributed by atoms with van der Waals surface area (Å²) in [5.41, 5.74) is 0.0904. The molecule has 0 unspecified atom stereocenters. The van der Waals surface area contributed by atoms with Crippen LogP contribution >= 0.6 is 0 Å². The highest BCUT2D eigenvalue weighted by Crippen LogP contribution is 2.30. The molecular formula is C14H15F2NO3. The lowest BCUT2D eigenvalue weighted by Gasteiger charge is -2.41. The summed E-state index contributed by atoms with van der Waals surface area (Å²) in [6.45, 7) is 0.495. The van der Waals surface area contributed by atoms with Gasteiger partial charge in [0.15, 0.2) is 5.78 Å². The van der Waals surface area contributed by atoms with Crippen LogP contribution in [0.25, 0.3) is 0 Å². The van der Waals surface area contributed by atoms with Crippen molar-refractivity contribution in [1.29, 1.82) is 0 Å². The Morgan fingerprint density at radius 1 is 1.35 bits per heavy atom. The SMILES string of the molecule is COC(=O)CCC(=O)[C@@H]1CCN1c1cc(F)ccc1F. The van der Waals surface area contributed by atoms with Crippen molar-refractivity contribution in [3.05, 3.63) is 29.8 Å². The molecule has 1 fully saturated rings. The van der Waals surface area contributed by atoms with Gasteiger partial charge in [0, 0.05) is 19.0 Å². The van der Waals surface area contributed by atoms with E-state index < -0.39 is 23.6 Å². The summed E-state index contributed by atoms with van der Waals surface area (Å²) in [5, 5.41) is 0. The van der Waals surface area contributed by atoms with E-state index in [4.69, 9.17) is 0 Å². The molecule has 1 aromatic rings. The predicted octanol–water partition coefficient (Wildman–Crippen LogP) is 2.07. The van der Waals surface area contributed by atoms with Crippen molar-refractivity contribution in [2.45, 2.75) is 25.3 Å². The van der Waals surface area contributed by atoms with E-state index in [0.29, 0.717) is 13.0 Å². The van der Waals surface area contributed by atoms with Gasteiger partial charge in [0.1, 0.15) is 11.6 Å². The van der Waals surface area contributed by atoms with Crippen LogP contribution in [-0.2, 0) is 14.3 Å². The van der Waals surface area contributed by atoms with E-state index in [1.54, 1.807) is 0 Å². The zero-order chi connectivity index (χ0) is 14.7. The van der Waals surface area contributed by atoms with Gasteiger partial charge in [-0.05, 0) is 18.6 Å². The third kappa shape index (κ3) is 2.95. The number of esters is 1. The van der Waals surface area contributed by atoms with E-state index in [1.807, 2.05) is 0 Å². The summed E-state index contributed by atoms with van der Waals surface area (Å²) in [5.74, 6) is -1.72. The number of methoxy groups -OCH3 is 1. The van der Waals surface area contributed by atoms with Gasteiger partial charge in [-0.2, -0.15) is 0 Å². The van der Waals surface area contributed by atoms with Crippen molar-refractivity contribution >= 4 is 17.4 Å². The maximum Gasteiger partial charge on any atom is 0.305 e. The monoisotopic (exact) mass is 283 g/mol. The number of carbonyl (C=O) groups excluding carboxylic acids is 2. The number of benzene rings is 1. The molecular weight excluding hydrogens is 268 g/mol. The summed E-state index contributed by atoms with van der Waals surface area (Å²) < 4.78 is 31.3. The van der Waals surface area contributed by atoms with Crippen molar-refractivity contribution in [2.75, 3.05) is 18.6 Å². The number of anilines is 1. The lowest BCUT2D eigenvalue weighted by Crippen LogP contribution is -2.53. The van der Waals surface area contributed by atoms with Gasteiger partial charge in [-0.25, -0.2) is 8.78 Å². The Labute approximate surface area is 115 Å². The van der Waals surface area contributed by atoms with E-state index >= 15 is 0 Å². The minimum absolute atomic E-state index is 0.00526. The molecule has 6 heteroatoms. The molecule has 0 aliphatic carbocycles. The molecule has 0 amide bonds. The molecule has 0 radical (unpaired) electrons. The molecule has 20 heavy (non-hydrogen) atoms. The highest BCUT2D eigenvalue weighted by atomic mass is 19.1. The number of rotatable bonds is 5. The van der Waals surface area contributed by atoms with Crippen molar-refractivity contribution in [2.24, 2.45) is 0 Å².